The molecule has 0 atom stereocenters. The first-order valence-corrected chi connectivity index (χ1v) is 10.5. The van der Waals surface area contributed by atoms with E-state index in [0.29, 0.717) is 32.8 Å². The number of fused-ring (bicyclic) bond motifs is 1. The SMILES string of the molecule is CN(C)CCOc1cn(S(=O)(=O)c2ccccc2Br)c2cc(Cl)ccc12. The molecule has 2 aromatic carbocycles. The van der Waals surface area contributed by atoms with Crippen molar-refractivity contribution in [3.63, 3.8) is 0 Å². The van der Waals surface area contributed by atoms with E-state index in [1.807, 2.05) is 19.0 Å². The Morgan fingerprint density at radius 1 is 1.19 bits per heavy atom. The molecule has 0 unspecified atom stereocenters. The fourth-order valence-electron chi connectivity index (χ4n) is 2.55. The second-order valence-electron chi connectivity index (χ2n) is 6.04. The van der Waals surface area contributed by atoms with Crippen molar-refractivity contribution >= 4 is 48.5 Å². The number of benzene rings is 2. The summed E-state index contributed by atoms with van der Waals surface area (Å²) in [5, 5.41) is 1.16. The second kappa shape index (κ2) is 7.60. The highest BCUT2D eigenvalue weighted by Gasteiger charge is 2.24. The highest BCUT2D eigenvalue weighted by Crippen LogP contribution is 2.34. The van der Waals surface area contributed by atoms with E-state index in [2.05, 4.69) is 15.9 Å². The van der Waals surface area contributed by atoms with Crippen LogP contribution in [0.3, 0.4) is 0 Å². The third-order valence-corrected chi connectivity index (χ3v) is 6.79. The zero-order valence-electron chi connectivity index (χ0n) is 14.3. The Labute approximate surface area is 166 Å². The summed E-state index contributed by atoms with van der Waals surface area (Å²) in [5.74, 6) is 0.508. The van der Waals surface area contributed by atoms with Gasteiger partial charge in [-0.25, -0.2) is 12.4 Å². The first-order chi connectivity index (χ1) is 12.3. The lowest BCUT2D eigenvalue weighted by atomic mass is 10.2. The minimum absolute atomic E-state index is 0.178. The summed E-state index contributed by atoms with van der Waals surface area (Å²) in [4.78, 5) is 2.17. The van der Waals surface area contributed by atoms with E-state index in [1.165, 1.54) is 10.2 Å². The molecular weight excluding hydrogens is 440 g/mol. The van der Waals surface area contributed by atoms with Crippen LogP contribution >= 0.6 is 27.5 Å². The van der Waals surface area contributed by atoms with Gasteiger partial charge in [0.25, 0.3) is 10.0 Å². The molecule has 0 spiro atoms. The zero-order chi connectivity index (χ0) is 18.9. The molecule has 5 nitrogen and oxygen atoms in total. The Morgan fingerprint density at radius 2 is 1.92 bits per heavy atom. The van der Waals surface area contributed by atoms with Crippen molar-refractivity contribution in [2.24, 2.45) is 0 Å². The highest BCUT2D eigenvalue weighted by atomic mass is 79.9. The standard InChI is InChI=1S/C18H18BrClN2O3S/c1-21(2)9-10-25-17-12-22(16-11-13(20)7-8-14(16)17)26(23,24)18-6-4-3-5-15(18)19/h3-8,11-12H,9-10H2,1-2H3. The van der Waals surface area contributed by atoms with Gasteiger partial charge in [-0.1, -0.05) is 23.7 Å². The third kappa shape index (κ3) is 3.76. The summed E-state index contributed by atoms with van der Waals surface area (Å²) in [6, 6.07) is 11.8. The van der Waals surface area contributed by atoms with Crippen molar-refractivity contribution in [3.05, 3.63) is 58.2 Å². The largest absolute Gasteiger partial charge is 0.490 e. The lowest BCUT2D eigenvalue weighted by Gasteiger charge is -2.10. The van der Waals surface area contributed by atoms with Gasteiger partial charge in [-0.15, -0.1) is 0 Å². The van der Waals surface area contributed by atoms with Gasteiger partial charge in [-0.3, -0.25) is 0 Å². The van der Waals surface area contributed by atoms with Crippen LogP contribution in [0.25, 0.3) is 10.9 Å². The van der Waals surface area contributed by atoms with E-state index in [9.17, 15) is 8.42 Å². The Balaban J connectivity index is 2.14. The molecule has 0 radical (unpaired) electrons. The van der Waals surface area contributed by atoms with Gasteiger partial charge < -0.3 is 9.64 Å². The number of aromatic nitrogens is 1. The van der Waals surface area contributed by atoms with Crippen molar-refractivity contribution in [1.82, 2.24) is 8.87 Å². The van der Waals surface area contributed by atoms with Gasteiger partial charge in [0.15, 0.2) is 0 Å². The molecule has 138 valence electrons. The number of rotatable bonds is 6. The smallest absolute Gasteiger partial charge is 0.269 e. The molecule has 3 aromatic rings. The molecule has 0 N–H and O–H groups in total. The van der Waals surface area contributed by atoms with Crippen LogP contribution in [0, 0.1) is 0 Å². The van der Waals surface area contributed by atoms with Crippen LogP contribution in [0.5, 0.6) is 5.75 Å². The molecule has 0 amide bonds. The number of likely N-dealkylation sites (N-methyl/N-ethyl adjacent to an activating group) is 1. The first-order valence-electron chi connectivity index (χ1n) is 7.89. The van der Waals surface area contributed by atoms with Gasteiger partial charge in [0.2, 0.25) is 0 Å². The summed E-state index contributed by atoms with van der Waals surface area (Å²) in [6.45, 7) is 1.17. The molecule has 0 fully saturated rings. The Hall–Kier alpha value is -1.54. The van der Waals surface area contributed by atoms with Crippen LogP contribution in [0.1, 0.15) is 0 Å². The second-order valence-corrected chi connectivity index (χ2v) is 9.11. The maximum Gasteiger partial charge on any atom is 0.269 e. The summed E-state index contributed by atoms with van der Waals surface area (Å²) >= 11 is 9.43. The Bertz CT molecular complexity index is 1050. The van der Waals surface area contributed by atoms with Crippen LogP contribution in [0.2, 0.25) is 5.02 Å². The zero-order valence-corrected chi connectivity index (χ0v) is 17.5. The van der Waals surface area contributed by atoms with Gasteiger partial charge in [0, 0.05) is 21.4 Å². The number of hydrogen-bond acceptors (Lipinski definition) is 4. The van der Waals surface area contributed by atoms with Crippen molar-refractivity contribution in [2.45, 2.75) is 4.90 Å². The van der Waals surface area contributed by atoms with Crippen LogP contribution < -0.4 is 4.74 Å². The maximum absolute atomic E-state index is 13.2. The van der Waals surface area contributed by atoms with Crippen molar-refractivity contribution in [3.8, 4) is 5.75 Å². The number of hydrogen-bond donors (Lipinski definition) is 0. The summed E-state index contributed by atoms with van der Waals surface area (Å²) in [7, 11) is 0.0836. The van der Waals surface area contributed by atoms with E-state index in [-0.39, 0.29) is 4.90 Å². The number of halogens is 2. The fraction of sp³-hybridized carbons (Fsp3) is 0.222. The predicted molar refractivity (Wildman–Crippen MR) is 108 cm³/mol. The van der Waals surface area contributed by atoms with Crippen molar-refractivity contribution in [2.75, 3.05) is 27.2 Å². The molecule has 0 aliphatic rings. The summed E-state index contributed by atoms with van der Waals surface area (Å²) in [6.07, 6.45) is 1.51. The van der Waals surface area contributed by atoms with E-state index in [0.717, 1.165) is 6.54 Å². The van der Waals surface area contributed by atoms with E-state index >= 15 is 0 Å². The quantitative estimate of drug-likeness (QED) is 0.556. The number of nitrogens with zero attached hydrogens (tertiary/aromatic N) is 2. The van der Waals surface area contributed by atoms with Gasteiger partial charge in [0.1, 0.15) is 17.3 Å². The molecular formula is C18H18BrClN2O3S. The predicted octanol–water partition coefficient (Wildman–Crippen LogP) is 4.23. The minimum atomic E-state index is -3.81. The lowest BCUT2D eigenvalue weighted by molar-refractivity contribution is 0.263. The average Bonchev–Trinajstić information content (AvgIpc) is 2.93. The number of ether oxygens (including phenoxy) is 1. The van der Waals surface area contributed by atoms with Crippen molar-refractivity contribution < 1.29 is 13.2 Å². The lowest BCUT2D eigenvalue weighted by Crippen LogP contribution is -2.19. The minimum Gasteiger partial charge on any atom is -0.490 e. The van der Waals surface area contributed by atoms with Crippen LogP contribution in [-0.2, 0) is 10.0 Å². The molecule has 0 aliphatic heterocycles. The van der Waals surface area contributed by atoms with E-state index in [4.69, 9.17) is 16.3 Å². The van der Waals surface area contributed by atoms with Gasteiger partial charge >= 0.3 is 0 Å². The molecule has 0 saturated carbocycles. The molecule has 0 bridgehead atoms. The van der Waals surface area contributed by atoms with Crippen LogP contribution in [-0.4, -0.2) is 44.5 Å². The van der Waals surface area contributed by atoms with Gasteiger partial charge in [-0.05, 0) is 60.4 Å². The first kappa shape index (κ1) is 19.2. The van der Waals surface area contributed by atoms with Crippen molar-refractivity contribution in [1.29, 1.82) is 0 Å². The van der Waals surface area contributed by atoms with E-state index in [1.54, 1.807) is 42.5 Å². The molecule has 0 saturated heterocycles. The van der Waals surface area contributed by atoms with Gasteiger partial charge in [-0.2, -0.15) is 0 Å². The molecule has 26 heavy (non-hydrogen) atoms. The highest BCUT2D eigenvalue weighted by molar-refractivity contribution is 9.10. The summed E-state index contributed by atoms with van der Waals surface area (Å²) < 4.78 is 34.0. The van der Waals surface area contributed by atoms with Crippen LogP contribution in [0.15, 0.2) is 58.0 Å². The van der Waals surface area contributed by atoms with E-state index < -0.39 is 10.0 Å². The summed E-state index contributed by atoms with van der Waals surface area (Å²) in [5.41, 5.74) is 0.480. The topological polar surface area (TPSA) is 51.5 Å². The molecule has 0 aliphatic carbocycles. The Kier molecular flexibility index (Phi) is 5.62. The maximum atomic E-state index is 13.2. The van der Waals surface area contributed by atoms with Gasteiger partial charge in [0.05, 0.1) is 11.7 Å². The molecule has 1 aromatic heterocycles. The monoisotopic (exact) mass is 456 g/mol. The molecule has 3 rings (SSSR count). The fourth-order valence-corrected chi connectivity index (χ4v) is 5.04. The third-order valence-electron chi connectivity index (χ3n) is 3.87. The normalized spacial score (nSPS) is 12.0. The molecule has 8 heteroatoms. The Morgan fingerprint density at radius 3 is 2.62 bits per heavy atom. The van der Waals surface area contributed by atoms with Crippen LogP contribution in [0.4, 0.5) is 0 Å². The average molecular weight is 458 g/mol. The molecule has 1 heterocycles.